The molecule has 0 fully saturated rings. The van der Waals surface area contributed by atoms with Crippen LogP contribution in [0.5, 0.6) is 0 Å². The first-order chi connectivity index (χ1) is 6.60. The molecule has 1 rings (SSSR count). The number of hydrogen-bond acceptors (Lipinski definition) is 2. The van der Waals surface area contributed by atoms with E-state index in [0.29, 0.717) is 5.69 Å². The van der Waals surface area contributed by atoms with Crippen molar-refractivity contribution in [2.75, 3.05) is 0 Å². The monoisotopic (exact) mass is 241 g/mol. The van der Waals surface area contributed by atoms with Crippen LogP contribution < -0.4 is 0 Å². The van der Waals surface area contributed by atoms with Gasteiger partial charge in [0.1, 0.15) is 0 Å². The number of nitrogens with zero attached hydrogens (tertiary/aromatic N) is 1. The maximum absolute atomic E-state index is 12.4. The van der Waals surface area contributed by atoms with E-state index in [1.807, 2.05) is 0 Å². The van der Waals surface area contributed by atoms with Crippen LogP contribution in [0.1, 0.15) is 23.4 Å². The average Bonchev–Trinajstić information content (AvgIpc) is 2.15. The van der Waals surface area contributed by atoms with Crippen molar-refractivity contribution in [3.63, 3.8) is 0 Å². The van der Waals surface area contributed by atoms with Crippen molar-refractivity contribution in [3.8, 4) is 0 Å². The summed E-state index contributed by atoms with van der Waals surface area (Å²) in [6, 6.07) is 1.27. The van der Waals surface area contributed by atoms with E-state index in [0.717, 1.165) is 0 Å². The second kappa shape index (κ2) is 4.87. The number of aliphatic hydroxyl groups excluding tert-OH is 1. The highest BCUT2D eigenvalue weighted by molar-refractivity contribution is 6.31. The second-order valence-corrected chi connectivity index (χ2v) is 3.22. The molecule has 6 heteroatoms. The molecule has 0 radical (unpaired) electrons. The molecule has 0 aliphatic carbocycles. The first kappa shape index (κ1) is 11.6. The summed E-state index contributed by atoms with van der Waals surface area (Å²) < 4.78 is 24.9. The molecule has 0 unspecified atom stereocenters. The number of aromatic nitrogens is 1. The summed E-state index contributed by atoms with van der Waals surface area (Å²) in [6.45, 7) is -0.579. The van der Waals surface area contributed by atoms with Crippen LogP contribution in [-0.4, -0.2) is 10.1 Å². The Labute approximate surface area is 89.5 Å². The molecular formula is C8H7Cl2F2NO. The summed E-state index contributed by atoms with van der Waals surface area (Å²) in [5, 5.41) is 8.70. The highest BCUT2D eigenvalue weighted by Crippen LogP contribution is 2.30. The molecule has 0 spiro atoms. The van der Waals surface area contributed by atoms with Gasteiger partial charge in [0.05, 0.1) is 34.5 Å². The quantitative estimate of drug-likeness (QED) is 0.826. The van der Waals surface area contributed by atoms with Crippen LogP contribution in [0.2, 0.25) is 5.02 Å². The molecule has 1 N–H and O–H groups in total. The summed E-state index contributed by atoms with van der Waals surface area (Å²) in [4.78, 5) is 3.75. The van der Waals surface area contributed by atoms with Gasteiger partial charge in [-0.2, -0.15) is 0 Å². The number of hydrogen-bond donors (Lipinski definition) is 1. The molecule has 2 nitrogen and oxygen atoms in total. The Hall–Kier alpha value is -0.450. The number of halogens is 4. The summed E-state index contributed by atoms with van der Waals surface area (Å²) in [5.74, 6) is 0.0657. The first-order valence-corrected chi connectivity index (χ1v) is 4.64. The third-order valence-electron chi connectivity index (χ3n) is 1.65. The van der Waals surface area contributed by atoms with Gasteiger partial charge in [0.25, 0.3) is 6.43 Å². The average molecular weight is 242 g/mol. The second-order valence-electron chi connectivity index (χ2n) is 2.55. The number of alkyl halides is 3. The van der Waals surface area contributed by atoms with Crippen LogP contribution in [-0.2, 0) is 12.5 Å². The van der Waals surface area contributed by atoms with E-state index in [2.05, 4.69) is 4.98 Å². The van der Waals surface area contributed by atoms with Crippen LogP contribution in [0.15, 0.2) is 6.07 Å². The number of pyridine rings is 1. The highest BCUT2D eigenvalue weighted by Gasteiger charge is 2.18. The molecule has 0 aliphatic heterocycles. The minimum absolute atomic E-state index is 0.0657. The lowest BCUT2D eigenvalue weighted by molar-refractivity contribution is 0.146. The minimum Gasteiger partial charge on any atom is -0.390 e. The first-order valence-electron chi connectivity index (χ1n) is 3.73. The van der Waals surface area contributed by atoms with Gasteiger partial charge in [0.2, 0.25) is 0 Å². The van der Waals surface area contributed by atoms with Crippen molar-refractivity contribution in [3.05, 3.63) is 28.0 Å². The standard InChI is InChI=1S/C8H7Cl2F2NO/c9-2-4-1-5(10)7(8(11)12)6(3-14)13-4/h1,8,14H,2-3H2. The van der Waals surface area contributed by atoms with Crippen LogP contribution in [0.4, 0.5) is 8.78 Å². The fourth-order valence-electron chi connectivity index (χ4n) is 1.05. The minimum atomic E-state index is -2.75. The van der Waals surface area contributed by atoms with E-state index < -0.39 is 18.6 Å². The van der Waals surface area contributed by atoms with Gasteiger partial charge in [0.15, 0.2) is 0 Å². The van der Waals surface area contributed by atoms with Gasteiger partial charge in [-0.05, 0) is 6.07 Å². The smallest absolute Gasteiger partial charge is 0.267 e. The zero-order chi connectivity index (χ0) is 10.7. The van der Waals surface area contributed by atoms with Crippen molar-refractivity contribution >= 4 is 23.2 Å². The molecular weight excluding hydrogens is 235 g/mol. The fraction of sp³-hybridized carbons (Fsp3) is 0.375. The SMILES string of the molecule is OCc1nc(CCl)cc(Cl)c1C(F)F. The van der Waals surface area contributed by atoms with Gasteiger partial charge in [-0.15, -0.1) is 11.6 Å². The normalized spacial score (nSPS) is 11.0. The third-order valence-corrected chi connectivity index (χ3v) is 2.23. The summed E-state index contributed by atoms with van der Waals surface area (Å²) >= 11 is 11.1. The lowest BCUT2D eigenvalue weighted by Crippen LogP contribution is -2.02. The Morgan fingerprint density at radius 3 is 2.57 bits per heavy atom. The Balaban J connectivity index is 3.27. The van der Waals surface area contributed by atoms with Crippen molar-refractivity contribution in [2.24, 2.45) is 0 Å². The zero-order valence-corrected chi connectivity index (χ0v) is 8.49. The van der Waals surface area contributed by atoms with E-state index in [4.69, 9.17) is 28.3 Å². The molecule has 1 heterocycles. The van der Waals surface area contributed by atoms with Gasteiger partial charge in [-0.3, -0.25) is 4.98 Å². The summed E-state index contributed by atoms with van der Waals surface area (Å²) in [7, 11) is 0. The van der Waals surface area contributed by atoms with Gasteiger partial charge in [0, 0.05) is 0 Å². The maximum atomic E-state index is 12.4. The molecule has 0 amide bonds. The van der Waals surface area contributed by atoms with Crippen molar-refractivity contribution in [1.82, 2.24) is 4.98 Å². The van der Waals surface area contributed by atoms with Crippen molar-refractivity contribution in [1.29, 1.82) is 0 Å². The molecule has 0 bridgehead atoms. The molecule has 0 saturated carbocycles. The predicted molar refractivity (Wildman–Crippen MR) is 49.7 cm³/mol. The Morgan fingerprint density at radius 1 is 1.50 bits per heavy atom. The highest BCUT2D eigenvalue weighted by atomic mass is 35.5. The molecule has 0 aromatic carbocycles. The van der Waals surface area contributed by atoms with E-state index >= 15 is 0 Å². The maximum Gasteiger partial charge on any atom is 0.267 e. The van der Waals surface area contributed by atoms with E-state index in [-0.39, 0.29) is 16.6 Å². The van der Waals surface area contributed by atoms with E-state index in [1.165, 1.54) is 6.07 Å². The molecule has 0 saturated heterocycles. The molecule has 0 atom stereocenters. The Morgan fingerprint density at radius 2 is 2.14 bits per heavy atom. The fourth-order valence-corrected chi connectivity index (χ4v) is 1.50. The van der Waals surface area contributed by atoms with Gasteiger partial charge in [-0.25, -0.2) is 8.78 Å². The summed E-state index contributed by atoms with van der Waals surface area (Å²) in [6.07, 6.45) is -2.75. The Bertz CT molecular complexity index is 333. The van der Waals surface area contributed by atoms with Gasteiger partial charge < -0.3 is 5.11 Å². The molecule has 1 aromatic heterocycles. The number of rotatable bonds is 3. The molecule has 14 heavy (non-hydrogen) atoms. The van der Waals surface area contributed by atoms with Crippen molar-refractivity contribution < 1.29 is 13.9 Å². The van der Waals surface area contributed by atoms with Gasteiger partial charge >= 0.3 is 0 Å². The van der Waals surface area contributed by atoms with E-state index in [9.17, 15) is 8.78 Å². The lowest BCUT2D eigenvalue weighted by Gasteiger charge is -2.09. The zero-order valence-electron chi connectivity index (χ0n) is 6.98. The van der Waals surface area contributed by atoms with Crippen LogP contribution in [0.3, 0.4) is 0 Å². The van der Waals surface area contributed by atoms with E-state index in [1.54, 1.807) is 0 Å². The third kappa shape index (κ3) is 2.32. The largest absolute Gasteiger partial charge is 0.390 e. The molecule has 1 aromatic rings. The van der Waals surface area contributed by atoms with Gasteiger partial charge in [-0.1, -0.05) is 11.6 Å². The van der Waals surface area contributed by atoms with Crippen molar-refractivity contribution in [2.45, 2.75) is 18.9 Å². The predicted octanol–water partition coefficient (Wildman–Crippen LogP) is 2.90. The Kier molecular flexibility index (Phi) is 4.04. The molecule has 78 valence electrons. The van der Waals surface area contributed by atoms with Crippen LogP contribution >= 0.6 is 23.2 Å². The topological polar surface area (TPSA) is 33.1 Å². The summed E-state index contributed by atoms with van der Waals surface area (Å²) in [5.41, 5.74) is -0.184. The van der Waals surface area contributed by atoms with Crippen LogP contribution in [0, 0.1) is 0 Å². The lowest BCUT2D eigenvalue weighted by atomic mass is 10.2. The molecule has 0 aliphatic rings. The van der Waals surface area contributed by atoms with Crippen LogP contribution in [0.25, 0.3) is 0 Å². The number of aliphatic hydroxyl groups is 1.